The van der Waals surface area contributed by atoms with Crippen LogP contribution in [0, 0.1) is 5.92 Å². The van der Waals surface area contributed by atoms with Crippen LogP contribution in [0.2, 0.25) is 0 Å². The van der Waals surface area contributed by atoms with Crippen LogP contribution in [0.3, 0.4) is 0 Å². The number of rotatable bonds is 8. The van der Waals surface area contributed by atoms with Crippen molar-refractivity contribution in [3.63, 3.8) is 0 Å². The van der Waals surface area contributed by atoms with Gasteiger partial charge in [-0.25, -0.2) is 4.79 Å². The third kappa shape index (κ3) is 7.14. The highest BCUT2D eigenvalue weighted by Crippen LogP contribution is 2.25. The van der Waals surface area contributed by atoms with Gasteiger partial charge in [0.2, 0.25) is 6.41 Å². The predicted molar refractivity (Wildman–Crippen MR) is 71.3 cm³/mol. The van der Waals surface area contributed by atoms with Gasteiger partial charge < -0.3 is 16.0 Å². The third-order valence-electron chi connectivity index (χ3n) is 3.43. The summed E-state index contributed by atoms with van der Waals surface area (Å²) < 4.78 is 0. The molecule has 0 radical (unpaired) electrons. The quantitative estimate of drug-likeness (QED) is 0.453. The molecule has 0 heterocycles. The molecular weight excluding hydrogens is 230 g/mol. The Morgan fingerprint density at radius 1 is 1.06 bits per heavy atom. The Labute approximate surface area is 109 Å². The van der Waals surface area contributed by atoms with E-state index in [9.17, 15) is 9.59 Å². The zero-order valence-corrected chi connectivity index (χ0v) is 11.0. The van der Waals surface area contributed by atoms with E-state index in [1.165, 1.54) is 32.1 Å². The van der Waals surface area contributed by atoms with E-state index in [4.69, 9.17) is 0 Å². The molecule has 1 aliphatic rings. The average molecular weight is 255 g/mol. The minimum atomic E-state index is -0.100. The molecule has 3 amide bonds. The maximum Gasteiger partial charge on any atom is 0.314 e. The van der Waals surface area contributed by atoms with Gasteiger partial charge in [-0.05, 0) is 18.8 Å². The Bertz CT molecular complexity index is 240. The maximum atomic E-state index is 11.4. The van der Waals surface area contributed by atoms with Crippen molar-refractivity contribution in [2.24, 2.45) is 5.92 Å². The molecule has 1 rings (SSSR count). The summed E-state index contributed by atoms with van der Waals surface area (Å²) in [6, 6.07) is -0.100. The van der Waals surface area contributed by atoms with E-state index in [0.29, 0.717) is 19.5 Å². The van der Waals surface area contributed by atoms with Crippen molar-refractivity contribution < 1.29 is 9.59 Å². The second-order valence-corrected chi connectivity index (χ2v) is 4.90. The Morgan fingerprint density at radius 3 is 2.50 bits per heavy atom. The van der Waals surface area contributed by atoms with Gasteiger partial charge in [0.15, 0.2) is 0 Å². The van der Waals surface area contributed by atoms with Gasteiger partial charge in [-0.1, -0.05) is 32.1 Å². The fraction of sp³-hybridized carbons (Fsp3) is 0.846. The molecule has 5 nitrogen and oxygen atoms in total. The number of carbonyl (C=O) groups excluding carboxylic acids is 2. The van der Waals surface area contributed by atoms with Crippen molar-refractivity contribution in [1.82, 2.24) is 16.0 Å². The molecule has 18 heavy (non-hydrogen) atoms. The Kier molecular flexibility index (Phi) is 8.01. The van der Waals surface area contributed by atoms with Crippen LogP contribution in [0.25, 0.3) is 0 Å². The summed E-state index contributed by atoms with van der Waals surface area (Å²) in [7, 11) is 0. The molecule has 5 heteroatoms. The number of carbonyl (C=O) groups is 2. The SMILES string of the molecule is O=CNCCCNC(=O)NCCC1CCCCC1. The van der Waals surface area contributed by atoms with Crippen LogP contribution in [-0.2, 0) is 4.79 Å². The highest BCUT2D eigenvalue weighted by molar-refractivity contribution is 5.73. The number of amides is 3. The van der Waals surface area contributed by atoms with Crippen molar-refractivity contribution in [1.29, 1.82) is 0 Å². The topological polar surface area (TPSA) is 70.2 Å². The van der Waals surface area contributed by atoms with Crippen LogP contribution >= 0.6 is 0 Å². The first-order valence-electron chi connectivity index (χ1n) is 7.01. The molecule has 0 aromatic rings. The molecule has 0 spiro atoms. The summed E-state index contributed by atoms with van der Waals surface area (Å²) in [5, 5.41) is 8.21. The lowest BCUT2D eigenvalue weighted by atomic mass is 9.87. The molecule has 104 valence electrons. The van der Waals surface area contributed by atoms with Gasteiger partial charge in [-0.3, -0.25) is 4.79 Å². The first-order chi connectivity index (χ1) is 8.83. The fourth-order valence-electron chi connectivity index (χ4n) is 2.38. The van der Waals surface area contributed by atoms with Crippen molar-refractivity contribution in [3.05, 3.63) is 0 Å². The zero-order valence-electron chi connectivity index (χ0n) is 11.0. The van der Waals surface area contributed by atoms with Crippen molar-refractivity contribution in [3.8, 4) is 0 Å². The lowest BCUT2D eigenvalue weighted by molar-refractivity contribution is -0.109. The molecule has 1 aliphatic carbocycles. The minimum Gasteiger partial charge on any atom is -0.359 e. The molecule has 3 N–H and O–H groups in total. The molecule has 0 aromatic heterocycles. The normalized spacial score (nSPS) is 16.0. The van der Waals surface area contributed by atoms with E-state index in [0.717, 1.165) is 25.3 Å². The smallest absolute Gasteiger partial charge is 0.314 e. The van der Waals surface area contributed by atoms with E-state index in [1.54, 1.807) is 0 Å². The fourth-order valence-corrected chi connectivity index (χ4v) is 2.38. The Balaban J connectivity index is 1.91. The van der Waals surface area contributed by atoms with Crippen LogP contribution in [0.1, 0.15) is 44.9 Å². The van der Waals surface area contributed by atoms with E-state index >= 15 is 0 Å². The lowest BCUT2D eigenvalue weighted by Gasteiger charge is -2.21. The first-order valence-corrected chi connectivity index (χ1v) is 7.01. The van der Waals surface area contributed by atoms with Gasteiger partial charge in [0.25, 0.3) is 0 Å². The van der Waals surface area contributed by atoms with Crippen molar-refractivity contribution >= 4 is 12.4 Å². The molecule has 0 aromatic carbocycles. The third-order valence-corrected chi connectivity index (χ3v) is 3.43. The summed E-state index contributed by atoms with van der Waals surface area (Å²) in [6.45, 7) is 1.96. The summed E-state index contributed by atoms with van der Waals surface area (Å²) >= 11 is 0. The second-order valence-electron chi connectivity index (χ2n) is 4.90. The van der Waals surface area contributed by atoms with Crippen LogP contribution in [0.5, 0.6) is 0 Å². The summed E-state index contributed by atoms with van der Waals surface area (Å²) in [4.78, 5) is 21.4. The molecule has 0 aliphatic heterocycles. The molecule has 0 bridgehead atoms. The van der Waals surface area contributed by atoms with Crippen molar-refractivity contribution in [2.45, 2.75) is 44.9 Å². The molecule has 1 saturated carbocycles. The summed E-state index contributed by atoms with van der Waals surface area (Å²) in [5.74, 6) is 0.802. The summed E-state index contributed by atoms with van der Waals surface area (Å²) in [5.41, 5.74) is 0. The van der Waals surface area contributed by atoms with Gasteiger partial charge in [-0.15, -0.1) is 0 Å². The van der Waals surface area contributed by atoms with Crippen LogP contribution < -0.4 is 16.0 Å². The number of nitrogens with one attached hydrogen (secondary N) is 3. The number of hydrogen-bond donors (Lipinski definition) is 3. The highest BCUT2D eigenvalue weighted by atomic mass is 16.2. The second kappa shape index (κ2) is 9.74. The predicted octanol–water partition coefficient (Wildman–Crippen LogP) is 1.39. The minimum absolute atomic E-state index is 0.100. The Morgan fingerprint density at radius 2 is 1.78 bits per heavy atom. The van der Waals surface area contributed by atoms with E-state index in [-0.39, 0.29) is 6.03 Å². The van der Waals surface area contributed by atoms with E-state index < -0.39 is 0 Å². The number of urea groups is 1. The van der Waals surface area contributed by atoms with Crippen LogP contribution in [0.4, 0.5) is 4.79 Å². The molecule has 0 unspecified atom stereocenters. The Hall–Kier alpha value is -1.26. The standard InChI is InChI=1S/C13H25N3O2/c17-11-14-8-4-9-15-13(18)16-10-7-12-5-2-1-3-6-12/h11-12H,1-10H2,(H,14,17)(H2,15,16,18). The maximum absolute atomic E-state index is 11.4. The van der Waals surface area contributed by atoms with Gasteiger partial charge in [0.1, 0.15) is 0 Å². The van der Waals surface area contributed by atoms with Crippen LogP contribution in [-0.4, -0.2) is 32.1 Å². The van der Waals surface area contributed by atoms with Gasteiger partial charge in [0, 0.05) is 19.6 Å². The molecule has 1 fully saturated rings. The highest BCUT2D eigenvalue weighted by Gasteiger charge is 2.12. The van der Waals surface area contributed by atoms with Gasteiger partial charge in [-0.2, -0.15) is 0 Å². The van der Waals surface area contributed by atoms with E-state index in [1.807, 2.05) is 0 Å². The van der Waals surface area contributed by atoms with Gasteiger partial charge in [0.05, 0.1) is 0 Å². The zero-order chi connectivity index (χ0) is 13.1. The van der Waals surface area contributed by atoms with E-state index in [2.05, 4.69) is 16.0 Å². The molecule has 0 atom stereocenters. The average Bonchev–Trinajstić information content (AvgIpc) is 2.40. The monoisotopic (exact) mass is 255 g/mol. The van der Waals surface area contributed by atoms with Gasteiger partial charge >= 0.3 is 6.03 Å². The largest absolute Gasteiger partial charge is 0.359 e. The molecule has 0 saturated heterocycles. The van der Waals surface area contributed by atoms with Crippen LogP contribution in [0.15, 0.2) is 0 Å². The number of hydrogen-bond acceptors (Lipinski definition) is 2. The first kappa shape index (κ1) is 14.8. The van der Waals surface area contributed by atoms with Crippen molar-refractivity contribution in [2.75, 3.05) is 19.6 Å². The summed E-state index contributed by atoms with van der Waals surface area (Å²) in [6.07, 6.45) is 9.24. The lowest BCUT2D eigenvalue weighted by Crippen LogP contribution is -2.37. The molecular formula is C13H25N3O2.